The van der Waals surface area contributed by atoms with Crippen LogP contribution in [0.3, 0.4) is 0 Å². The van der Waals surface area contributed by atoms with Gasteiger partial charge in [0.05, 0.1) is 0 Å². The molecule has 1 aliphatic carbocycles. The van der Waals surface area contributed by atoms with Gasteiger partial charge in [0.1, 0.15) is 5.82 Å². The molecule has 1 aromatic rings. The molecule has 0 aliphatic heterocycles. The molecule has 1 unspecified atom stereocenters. The van der Waals surface area contributed by atoms with E-state index in [2.05, 4.69) is 18.7 Å². The molecule has 112 valence electrons. The van der Waals surface area contributed by atoms with Crippen LogP contribution in [0.5, 0.6) is 0 Å². The van der Waals surface area contributed by atoms with Gasteiger partial charge in [-0.2, -0.15) is 0 Å². The van der Waals surface area contributed by atoms with Gasteiger partial charge in [0.2, 0.25) is 0 Å². The Bertz CT molecular complexity index is 439. The quantitative estimate of drug-likeness (QED) is 0.823. The van der Waals surface area contributed by atoms with Gasteiger partial charge in [-0.05, 0) is 62.3 Å². The van der Waals surface area contributed by atoms with E-state index < -0.39 is 0 Å². The molecule has 0 radical (unpaired) electrons. The van der Waals surface area contributed by atoms with Gasteiger partial charge in [-0.3, -0.25) is 0 Å². The van der Waals surface area contributed by atoms with Crippen molar-refractivity contribution in [2.45, 2.75) is 58.5 Å². The monoisotopic (exact) mass is 278 g/mol. The van der Waals surface area contributed by atoms with Crippen molar-refractivity contribution in [2.75, 3.05) is 11.4 Å². The third-order valence-corrected chi connectivity index (χ3v) is 3.83. The first-order valence-electron chi connectivity index (χ1n) is 7.78. The molecule has 1 aromatic carbocycles. The van der Waals surface area contributed by atoms with Crippen LogP contribution in [-0.2, 0) is 6.42 Å². The lowest BCUT2D eigenvalue weighted by molar-refractivity contribution is 0.568. The molecule has 3 heteroatoms. The molecule has 1 atom stereocenters. The number of benzene rings is 1. The summed E-state index contributed by atoms with van der Waals surface area (Å²) in [5.41, 5.74) is 8.15. The average Bonchev–Trinajstić information content (AvgIpc) is 3.15. The van der Waals surface area contributed by atoms with E-state index in [0.717, 1.165) is 18.5 Å². The van der Waals surface area contributed by atoms with Crippen molar-refractivity contribution in [2.24, 2.45) is 11.7 Å². The highest BCUT2D eigenvalue weighted by molar-refractivity contribution is 5.56. The van der Waals surface area contributed by atoms with E-state index in [0.29, 0.717) is 12.0 Å². The highest BCUT2D eigenvalue weighted by atomic mass is 19.1. The average molecular weight is 278 g/mol. The van der Waals surface area contributed by atoms with Crippen LogP contribution in [0.15, 0.2) is 18.2 Å². The van der Waals surface area contributed by atoms with Gasteiger partial charge in [-0.25, -0.2) is 4.39 Å². The lowest BCUT2D eigenvalue weighted by Crippen LogP contribution is -2.30. The molecule has 1 fully saturated rings. The van der Waals surface area contributed by atoms with Gasteiger partial charge in [0, 0.05) is 24.3 Å². The Morgan fingerprint density at radius 1 is 1.30 bits per heavy atom. The van der Waals surface area contributed by atoms with Crippen molar-refractivity contribution in [3.05, 3.63) is 29.6 Å². The number of rotatable bonds is 7. The van der Waals surface area contributed by atoms with E-state index >= 15 is 0 Å². The summed E-state index contributed by atoms with van der Waals surface area (Å²) in [6.45, 7) is 7.53. The summed E-state index contributed by atoms with van der Waals surface area (Å²) in [4.78, 5) is 2.47. The van der Waals surface area contributed by atoms with E-state index in [1.165, 1.54) is 24.9 Å². The van der Waals surface area contributed by atoms with Crippen molar-refractivity contribution in [1.82, 2.24) is 0 Å². The normalized spacial score (nSPS) is 16.5. The molecule has 0 aromatic heterocycles. The summed E-state index contributed by atoms with van der Waals surface area (Å²) in [5.74, 6) is 0.526. The minimum absolute atomic E-state index is 0.0571. The molecule has 0 heterocycles. The van der Waals surface area contributed by atoms with Crippen molar-refractivity contribution >= 4 is 5.69 Å². The van der Waals surface area contributed by atoms with Crippen LogP contribution in [0.1, 0.15) is 45.6 Å². The van der Waals surface area contributed by atoms with Crippen molar-refractivity contribution in [3.8, 4) is 0 Å². The van der Waals surface area contributed by atoms with Crippen LogP contribution >= 0.6 is 0 Å². The molecular formula is C17H27FN2. The molecule has 2 N–H and O–H groups in total. The Hall–Kier alpha value is -1.09. The summed E-state index contributed by atoms with van der Waals surface area (Å²) in [7, 11) is 0. The zero-order valence-corrected chi connectivity index (χ0v) is 12.9. The molecule has 2 nitrogen and oxygen atoms in total. The van der Waals surface area contributed by atoms with Gasteiger partial charge in [0.25, 0.3) is 0 Å². The summed E-state index contributed by atoms with van der Waals surface area (Å²) in [6.07, 6.45) is 4.42. The van der Waals surface area contributed by atoms with Gasteiger partial charge in [-0.1, -0.05) is 13.8 Å². The second-order valence-corrected chi connectivity index (χ2v) is 6.56. The zero-order valence-electron chi connectivity index (χ0n) is 12.9. The number of nitrogens with zero attached hydrogens (tertiary/aromatic N) is 1. The first-order chi connectivity index (χ1) is 9.47. The first kappa shape index (κ1) is 15.3. The van der Waals surface area contributed by atoms with Crippen LogP contribution < -0.4 is 10.6 Å². The lowest BCUT2D eigenvalue weighted by Gasteiger charge is -2.28. The van der Waals surface area contributed by atoms with Crippen molar-refractivity contribution < 1.29 is 4.39 Å². The Morgan fingerprint density at radius 3 is 2.55 bits per heavy atom. The Kier molecular flexibility index (Phi) is 5.03. The van der Waals surface area contributed by atoms with E-state index in [4.69, 9.17) is 5.73 Å². The lowest BCUT2D eigenvalue weighted by atomic mass is 10.0. The predicted octanol–water partition coefficient (Wildman–Crippen LogP) is 3.73. The maximum atomic E-state index is 13.5. The third kappa shape index (κ3) is 4.20. The molecule has 0 bridgehead atoms. The number of halogens is 1. The molecule has 2 rings (SSSR count). The van der Waals surface area contributed by atoms with Crippen LogP contribution in [0.4, 0.5) is 10.1 Å². The number of anilines is 1. The van der Waals surface area contributed by atoms with Gasteiger partial charge < -0.3 is 10.6 Å². The number of hydrogen-bond donors (Lipinski definition) is 1. The van der Waals surface area contributed by atoms with Gasteiger partial charge >= 0.3 is 0 Å². The summed E-state index contributed by atoms with van der Waals surface area (Å²) in [6, 6.07) is 5.87. The second kappa shape index (κ2) is 6.57. The maximum Gasteiger partial charge on any atom is 0.123 e. The molecule has 20 heavy (non-hydrogen) atoms. The summed E-state index contributed by atoms with van der Waals surface area (Å²) >= 11 is 0. The Labute approximate surface area is 122 Å². The van der Waals surface area contributed by atoms with Crippen LogP contribution in [0, 0.1) is 11.7 Å². The third-order valence-electron chi connectivity index (χ3n) is 3.83. The van der Waals surface area contributed by atoms with Crippen molar-refractivity contribution in [1.29, 1.82) is 0 Å². The highest BCUT2D eigenvalue weighted by Crippen LogP contribution is 2.34. The highest BCUT2D eigenvalue weighted by Gasteiger charge is 2.30. The first-order valence-corrected chi connectivity index (χ1v) is 7.78. The molecule has 0 amide bonds. The predicted molar refractivity (Wildman–Crippen MR) is 83.6 cm³/mol. The molecule has 0 saturated heterocycles. The van der Waals surface area contributed by atoms with E-state index in [1.807, 2.05) is 13.0 Å². The molecule has 0 spiro atoms. The fourth-order valence-corrected chi connectivity index (χ4v) is 2.63. The van der Waals surface area contributed by atoms with Gasteiger partial charge in [-0.15, -0.1) is 0 Å². The van der Waals surface area contributed by atoms with E-state index in [-0.39, 0.29) is 11.9 Å². The summed E-state index contributed by atoms with van der Waals surface area (Å²) in [5, 5.41) is 0. The Balaban J connectivity index is 2.22. The summed E-state index contributed by atoms with van der Waals surface area (Å²) < 4.78 is 13.5. The second-order valence-electron chi connectivity index (χ2n) is 6.56. The topological polar surface area (TPSA) is 29.3 Å². The van der Waals surface area contributed by atoms with Crippen LogP contribution in [-0.4, -0.2) is 18.6 Å². The SMILES string of the molecule is CC(C)CCN(c1ccc(F)cc1CC(C)N)C1CC1. The standard InChI is InChI=1S/C17H27FN2/c1-12(2)8-9-20(16-5-6-16)17-7-4-15(18)11-14(17)10-13(3)19/h4,7,11-13,16H,5-6,8-10,19H2,1-3H3. The molecular weight excluding hydrogens is 251 g/mol. The van der Waals surface area contributed by atoms with E-state index in [9.17, 15) is 4.39 Å². The van der Waals surface area contributed by atoms with Crippen LogP contribution in [0.25, 0.3) is 0 Å². The Morgan fingerprint density at radius 2 is 2.00 bits per heavy atom. The number of hydrogen-bond acceptors (Lipinski definition) is 2. The zero-order chi connectivity index (χ0) is 14.7. The van der Waals surface area contributed by atoms with E-state index in [1.54, 1.807) is 12.1 Å². The minimum Gasteiger partial charge on any atom is -0.368 e. The molecule has 1 aliphatic rings. The largest absolute Gasteiger partial charge is 0.368 e. The van der Waals surface area contributed by atoms with Crippen molar-refractivity contribution in [3.63, 3.8) is 0 Å². The van der Waals surface area contributed by atoms with Crippen LogP contribution in [0.2, 0.25) is 0 Å². The fraction of sp³-hybridized carbons (Fsp3) is 0.647. The fourth-order valence-electron chi connectivity index (χ4n) is 2.63. The number of nitrogens with two attached hydrogens (primary N) is 1. The smallest absolute Gasteiger partial charge is 0.123 e. The minimum atomic E-state index is -0.163. The molecule has 1 saturated carbocycles. The van der Waals surface area contributed by atoms with Gasteiger partial charge in [0.15, 0.2) is 0 Å². The maximum absolute atomic E-state index is 13.5.